The van der Waals surface area contributed by atoms with Crippen molar-refractivity contribution in [3.8, 4) is 0 Å². The van der Waals surface area contributed by atoms with Crippen molar-refractivity contribution < 1.29 is 53.8 Å². The van der Waals surface area contributed by atoms with E-state index in [0.717, 1.165) is 0 Å². The van der Waals surface area contributed by atoms with Crippen molar-refractivity contribution in [1.82, 2.24) is 0 Å². The second-order valence-electron chi connectivity index (χ2n) is 8.91. The van der Waals surface area contributed by atoms with Gasteiger partial charge in [0.1, 0.15) is 6.54 Å². The van der Waals surface area contributed by atoms with E-state index in [1.807, 2.05) is 0 Å². The number of carboxylic acids is 1. The van der Waals surface area contributed by atoms with Gasteiger partial charge in [0, 0.05) is 31.6 Å². The molecule has 1 atom stereocenters. The van der Waals surface area contributed by atoms with Crippen LogP contribution in [-0.4, -0.2) is 46.6 Å². The van der Waals surface area contributed by atoms with Crippen LogP contribution in [-0.2, 0) is 32.7 Å². The van der Waals surface area contributed by atoms with Crippen LogP contribution >= 0.6 is 0 Å². The largest absolute Gasteiger partial charge is 0.748 e. The molecule has 198 valence electrons. The summed E-state index contributed by atoms with van der Waals surface area (Å²) >= 11 is 0. The molecule has 0 saturated carbocycles. The number of nitrogens with zero attached hydrogens (tertiary/aromatic N) is 1. The lowest BCUT2D eigenvalue weighted by Gasteiger charge is -2.26. The van der Waals surface area contributed by atoms with Crippen molar-refractivity contribution in [2.75, 3.05) is 12.3 Å². The first-order chi connectivity index (χ1) is 15.9. The summed E-state index contributed by atoms with van der Waals surface area (Å²) < 4.78 is 116. The second-order valence-corrected chi connectivity index (χ2v) is 10.4. The predicted molar refractivity (Wildman–Crippen MR) is 114 cm³/mol. The lowest BCUT2D eigenvalue weighted by molar-refractivity contribution is -0.439. The number of aliphatic carboxylic acids is 1. The number of hydrogen-bond acceptors (Lipinski definition) is 4. The summed E-state index contributed by atoms with van der Waals surface area (Å²) in [4.78, 5) is 10.7. The summed E-state index contributed by atoms with van der Waals surface area (Å²) in [6.45, 7) is 2.97. The van der Waals surface area contributed by atoms with Crippen LogP contribution in [0.3, 0.4) is 0 Å². The van der Waals surface area contributed by atoms with Crippen molar-refractivity contribution >= 4 is 27.5 Å². The first-order valence-electron chi connectivity index (χ1n) is 11.0. The fourth-order valence-corrected chi connectivity index (χ4v) is 5.10. The highest BCUT2D eigenvalue weighted by molar-refractivity contribution is 7.85. The van der Waals surface area contributed by atoms with Gasteiger partial charge in [0.25, 0.3) is 0 Å². The van der Waals surface area contributed by atoms with Crippen molar-refractivity contribution in [1.29, 1.82) is 0 Å². The van der Waals surface area contributed by atoms with Crippen LogP contribution in [0.25, 0.3) is 0 Å². The minimum Gasteiger partial charge on any atom is -0.748 e. The first-order valence-corrected chi connectivity index (χ1v) is 12.6. The molecule has 1 aromatic carbocycles. The summed E-state index contributed by atoms with van der Waals surface area (Å²) in [5.74, 6) is -1.69. The van der Waals surface area contributed by atoms with E-state index in [1.54, 1.807) is 0 Å². The van der Waals surface area contributed by atoms with Gasteiger partial charge >= 0.3 is 18.3 Å². The number of hydrogen-bond donors (Lipinski definition) is 1. The molecule has 1 aromatic rings. The first kappa shape index (κ1) is 29.1. The lowest BCUT2D eigenvalue weighted by Crippen LogP contribution is -2.32. The molecular formula is C22H27F6NO5S. The van der Waals surface area contributed by atoms with E-state index in [2.05, 4.69) is 0 Å². The van der Waals surface area contributed by atoms with Gasteiger partial charge in [-0.2, -0.15) is 30.9 Å². The van der Waals surface area contributed by atoms with E-state index in [1.165, 1.54) is 18.4 Å². The molecule has 2 rings (SSSR count). The van der Waals surface area contributed by atoms with Gasteiger partial charge in [-0.1, -0.05) is 12.8 Å². The third-order valence-corrected chi connectivity index (χ3v) is 7.18. The van der Waals surface area contributed by atoms with E-state index >= 15 is 0 Å². The van der Waals surface area contributed by atoms with Crippen molar-refractivity contribution in [2.24, 2.45) is 0 Å². The van der Waals surface area contributed by atoms with E-state index in [-0.39, 0.29) is 49.5 Å². The third kappa shape index (κ3) is 7.18. The molecule has 0 bridgehead atoms. The van der Waals surface area contributed by atoms with Gasteiger partial charge in [-0.25, -0.2) is 8.42 Å². The molecule has 0 saturated heterocycles. The van der Waals surface area contributed by atoms with Gasteiger partial charge in [-0.05, 0) is 32.3 Å². The zero-order valence-corrected chi connectivity index (χ0v) is 20.0. The fraction of sp³-hybridized carbons (Fsp3) is 0.636. The van der Waals surface area contributed by atoms with Gasteiger partial charge in [0.05, 0.1) is 32.2 Å². The van der Waals surface area contributed by atoms with E-state index in [4.69, 9.17) is 5.11 Å². The van der Waals surface area contributed by atoms with Crippen LogP contribution in [0.2, 0.25) is 0 Å². The molecule has 0 spiro atoms. The zero-order chi connectivity index (χ0) is 26.8. The monoisotopic (exact) mass is 531 g/mol. The number of carboxylic acid groups (broad SMARTS) is 1. The van der Waals surface area contributed by atoms with Crippen LogP contribution in [0.5, 0.6) is 0 Å². The maximum absolute atomic E-state index is 14.0. The molecule has 1 aliphatic rings. The summed E-state index contributed by atoms with van der Waals surface area (Å²) in [6.07, 6.45) is -9.02. The average Bonchev–Trinajstić information content (AvgIpc) is 2.89. The molecule has 0 radical (unpaired) electrons. The zero-order valence-electron chi connectivity index (χ0n) is 19.2. The molecule has 1 unspecified atom stereocenters. The summed E-state index contributed by atoms with van der Waals surface area (Å²) in [5.41, 5.74) is -4.28. The summed E-state index contributed by atoms with van der Waals surface area (Å²) in [6, 6.07) is 0.788. The highest BCUT2D eigenvalue weighted by Gasteiger charge is 2.53. The quantitative estimate of drug-likeness (QED) is 0.177. The normalized spacial score (nSPS) is 18.8. The lowest BCUT2D eigenvalue weighted by atomic mass is 9.73. The fourth-order valence-electron chi connectivity index (χ4n) is 4.54. The number of rotatable bonds is 11. The number of fused-ring (bicyclic) bond motifs is 1. The number of alkyl halides is 6. The van der Waals surface area contributed by atoms with E-state index in [9.17, 15) is 44.1 Å². The van der Waals surface area contributed by atoms with Crippen molar-refractivity contribution in [3.05, 3.63) is 28.8 Å². The highest BCUT2D eigenvalue weighted by atomic mass is 32.2. The molecule has 1 heterocycles. The van der Waals surface area contributed by atoms with Crippen molar-refractivity contribution in [3.63, 3.8) is 0 Å². The Kier molecular flexibility index (Phi) is 8.69. The number of carbonyl (C=O) groups is 1. The molecule has 0 aromatic heterocycles. The Labute approximate surface area is 199 Å². The molecular weight excluding hydrogens is 504 g/mol. The highest BCUT2D eigenvalue weighted by Crippen LogP contribution is 2.51. The molecule has 0 amide bonds. The molecule has 6 nitrogen and oxygen atoms in total. The molecule has 0 fully saturated rings. The topological polar surface area (TPSA) is 97.5 Å². The Morgan fingerprint density at radius 1 is 1.03 bits per heavy atom. The maximum Gasteiger partial charge on any atom is 0.416 e. The number of unbranched alkanes of at least 4 members (excludes halogenated alkanes) is 3. The molecule has 35 heavy (non-hydrogen) atoms. The van der Waals surface area contributed by atoms with Gasteiger partial charge in [-0.15, -0.1) is 0 Å². The molecule has 1 aliphatic heterocycles. The molecule has 0 aliphatic carbocycles. The van der Waals surface area contributed by atoms with Crippen LogP contribution in [0.15, 0.2) is 12.1 Å². The summed E-state index contributed by atoms with van der Waals surface area (Å²) in [5, 5.41) is 8.77. The SMILES string of the molecule is CC1=[N+](CCCCS(=O)(=O)[O-])c2cc(C(F)(F)F)cc(C(F)(F)F)c2C1(C)CCCCCC(=O)O. The third-order valence-electron chi connectivity index (χ3n) is 6.39. The maximum atomic E-state index is 14.0. The second kappa shape index (κ2) is 10.5. The van der Waals surface area contributed by atoms with Gasteiger partial charge in [0.2, 0.25) is 5.69 Å². The standard InChI is InChI=1S/C22H27F6NO5S/c1-14-20(2,9-5-3-4-8-18(30)31)19-16(22(26,27)28)12-15(21(23,24)25)13-17(19)29(14)10-6-7-11-35(32,33)34/h12-13H,3-11H2,1-2H3,(H-,30,31,32,33,34). The van der Waals surface area contributed by atoms with Crippen molar-refractivity contribution in [2.45, 2.75) is 76.6 Å². The summed E-state index contributed by atoms with van der Waals surface area (Å²) in [7, 11) is -4.51. The van der Waals surface area contributed by atoms with Gasteiger partial charge in [0.15, 0.2) is 5.71 Å². The minimum atomic E-state index is -5.07. The van der Waals surface area contributed by atoms with Gasteiger partial charge in [-0.3, -0.25) is 4.79 Å². The predicted octanol–water partition coefficient (Wildman–Crippen LogP) is 5.46. The van der Waals surface area contributed by atoms with Gasteiger partial charge < -0.3 is 9.66 Å². The Hall–Kier alpha value is -2.15. The average molecular weight is 532 g/mol. The number of halogens is 6. The minimum absolute atomic E-state index is 0.0601. The smallest absolute Gasteiger partial charge is 0.416 e. The Bertz CT molecular complexity index is 1090. The van der Waals surface area contributed by atoms with Crippen LogP contribution < -0.4 is 0 Å². The molecule has 1 N–H and O–H groups in total. The van der Waals surface area contributed by atoms with E-state index in [0.29, 0.717) is 31.0 Å². The Morgan fingerprint density at radius 3 is 2.17 bits per heavy atom. The van der Waals surface area contributed by atoms with Crippen LogP contribution in [0.4, 0.5) is 32.0 Å². The Balaban J connectivity index is 2.55. The number of benzene rings is 1. The molecule has 13 heteroatoms. The van der Waals surface area contributed by atoms with Crippen LogP contribution in [0, 0.1) is 0 Å². The van der Waals surface area contributed by atoms with E-state index < -0.39 is 50.7 Å². The Morgan fingerprint density at radius 2 is 1.66 bits per heavy atom. The van der Waals surface area contributed by atoms with Crippen LogP contribution in [0.1, 0.15) is 75.5 Å².